The van der Waals surface area contributed by atoms with Crippen molar-refractivity contribution in [3.05, 3.63) is 29.8 Å². The lowest BCUT2D eigenvalue weighted by Crippen LogP contribution is -2.37. The van der Waals surface area contributed by atoms with Crippen LogP contribution < -0.4 is 0 Å². The molecule has 0 amide bonds. The first-order valence-electron chi connectivity index (χ1n) is 10.2. The number of hydrogen-bond donors (Lipinski definition) is 0. The van der Waals surface area contributed by atoms with E-state index in [2.05, 4.69) is 0 Å². The highest BCUT2D eigenvalue weighted by molar-refractivity contribution is 7.86. The molecule has 158 valence electrons. The topological polar surface area (TPSA) is 69.7 Å². The van der Waals surface area contributed by atoms with E-state index in [4.69, 9.17) is 8.92 Å². The van der Waals surface area contributed by atoms with Crippen LogP contribution >= 0.6 is 0 Å². The van der Waals surface area contributed by atoms with Crippen LogP contribution in [0.4, 0.5) is 0 Å². The Morgan fingerprint density at radius 2 is 1.68 bits per heavy atom. The van der Waals surface area contributed by atoms with Gasteiger partial charge in [0.15, 0.2) is 0 Å². The maximum absolute atomic E-state index is 12.8. The van der Waals surface area contributed by atoms with E-state index in [0.29, 0.717) is 12.3 Å². The van der Waals surface area contributed by atoms with E-state index in [0.717, 1.165) is 31.2 Å². The Morgan fingerprint density at radius 3 is 2.21 bits per heavy atom. The molecule has 0 heterocycles. The number of aryl methyl sites for hydroxylation is 1. The number of carbonyl (C=O) groups is 1. The third-order valence-corrected chi connectivity index (χ3v) is 6.54. The van der Waals surface area contributed by atoms with Crippen LogP contribution in [0.25, 0.3) is 0 Å². The summed E-state index contributed by atoms with van der Waals surface area (Å²) in [4.78, 5) is 12.7. The zero-order valence-electron chi connectivity index (χ0n) is 17.7. The lowest BCUT2D eigenvalue weighted by molar-refractivity contribution is -0.162. The van der Waals surface area contributed by atoms with E-state index in [1.54, 1.807) is 52.0 Å². The molecule has 0 N–H and O–H groups in total. The summed E-state index contributed by atoms with van der Waals surface area (Å²) in [6.07, 6.45) is 5.41. The minimum absolute atomic E-state index is 0.114. The molecule has 1 aliphatic carbocycles. The Morgan fingerprint density at radius 1 is 1.11 bits per heavy atom. The molecule has 0 aromatic heterocycles. The third kappa shape index (κ3) is 6.89. The molecule has 0 radical (unpaired) electrons. The number of rotatable bonds is 7. The van der Waals surface area contributed by atoms with Crippen LogP contribution in [0, 0.1) is 18.8 Å². The molecule has 5 nitrogen and oxygen atoms in total. The predicted molar refractivity (Wildman–Crippen MR) is 109 cm³/mol. The average molecular weight is 411 g/mol. The van der Waals surface area contributed by atoms with Gasteiger partial charge in [0.1, 0.15) is 5.60 Å². The second kappa shape index (κ2) is 9.40. The molecule has 2 unspecified atom stereocenters. The summed E-state index contributed by atoms with van der Waals surface area (Å²) in [5.41, 5.74) is 0.344. The second-order valence-corrected chi connectivity index (χ2v) is 10.5. The van der Waals surface area contributed by atoms with Gasteiger partial charge in [0.2, 0.25) is 0 Å². The first kappa shape index (κ1) is 22.9. The molecule has 1 aliphatic rings. The minimum atomic E-state index is -3.96. The van der Waals surface area contributed by atoms with Gasteiger partial charge in [0.05, 0.1) is 16.9 Å². The molecule has 0 spiro atoms. The predicted octanol–water partition coefficient (Wildman–Crippen LogP) is 5.02. The molecule has 1 aromatic carbocycles. The number of ether oxygens (including phenoxy) is 1. The van der Waals surface area contributed by atoms with Gasteiger partial charge in [-0.2, -0.15) is 8.42 Å². The van der Waals surface area contributed by atoms with Crippen molar-refractivity contribution < 1.29 is 22.1 Å². The molecule has 2 rings (SSSR count). The highest BCUT2D eigenvalue weighted by Crippen LogP contribution is 2.32. The van der Waals surface area contributed by atoms with Gasteiger partial charge in [-0.25, -0.2) is 0 Å². The van der Waals surface area contributed by atoms with Gasteiger partial charge in [0, 0.05) is 0 Å². The summed E-state index contributed by atoms with van der Waals surface area (Å²) < 4.78 is 36.8. The van der Waals surface area contributed by atoms with Crippen LogP contribution in [-0.4, -0.2) is 26.1 Å². The van der Waals surface area contributed by atoms with Gasteiger partial charge in [-0.1, -0.05) is 49.8 Å². The van der Waals surface area contributed by atoms with Crippen molar-refractivity contribution >= 4 is 16.1 Å². The fourth-order valence-electron chi connectivity index (χ4n) is 3.55. The fraction of sp³-hybridized carbons (Fsp3) is 0.682. The Bertz CT molecular complexity index is 740. The molecule has 0 aliphatic heterocycles. The molecule has 1 fully saturated rings. The van der Waals surface area contributed by atoms with E-state index < -0.39 is 33.7 Å². The summed E-state index contributed by atoms with van der Waals surface area (Å²) in [5.74, 6) is -0.717. The summed E-state index contributed by atoms with van der Waals surface area (Å²) in [6.45, 7) is 9.01. The van der Waals surface area contributed by atoms with Crippen LogP contribution in [0.5, 0.6) is 0 Å². The van der Waals surface area contributed by atoms with Crippen molar-refractivity contribution in [2.24, 2.45) is 11.8 Å². The highest BCUT2D eigenvalue weighted by atomic mass is 32.2. The van der Waals surface area contributed by atoms with Gasteiger partial charge in [-0.05, 0) is 59.1 Å². The van der Waals surface area contributed by atoms with Gasteiger partial charge in [-0.3, -0.25) is 8.98 Å². The first-order chi connectivity index (χ1) is 13.0. The van der Waals surface area contributed by atoms with Crippen molar-refractivity contribution in [3.63, 3.8) is 0 Å². The maximum atomic E-state index is 12.8. The summed E-state index contributed by atoms with van der Waals surface area (Å²) in [7, 11) is -3.96. The molecular weight excluding hydrogens is 376 g/mol. The van der Waals surface area contributed by atoms with Gasteiger partial charge < -0.3 is 4.74 Å². The number of hydrogen-bond acceptors (Lipinski definition) is 5. The Hall–Kier alpha value is -1.40. The van der Waals surface area contributed by atoms with Crippen LogP contribution in [0.3, 0.4) is 0 Å². The molecular formula is C22H34O5S. The highest BCUT2D eigenvalue weighted by Gasteiger charge is 2.35. The van der Waals surface area contributed by atoms with Crippen LogP contribution in [0.2, 0.25) is 0 Å². The molecule has 0 saturated heterocycles. The van der Waals surface area contributed by atoms with Crippen LogP contribution in [-0.2, 0) is 23.8 Å². The van der Waals surface area contributed by atoms with Crippen LogP contribution in [0.1, 0.15) is 71.8 Å². The first-order valence-corrected chi connectivity index (χ1v) is 11.6. The summed E-state index contributed by atoms with van der Waals surface area (Å²) in [6, 6.07) is 6.56. The molecule has 6 heteroatoms. The average Bonchev–Trinajstić information content (AvgIpc) is 2.60. The second-order valence-electron chi connectivity index (χ2n) is 8.96. The normalized spacial score (nSPS) is 18.5. The van der Waals surface area contributed by atoms with Crippen molar-refractivity contribution in [1.29, 1.82) is 0 Å². The standard InChI is InChI=1S/C22H34O5S/c1-16-11-13-19(14-12-16)28(24,25)27-20(15-18-9-7-6-8-10-18)17(2)21(23)26-22(3,4)5/h11-14,17-18,20H,6-10,15H2,1-5H3. The zero-order chi connectivity index (χ0) is 20.9. The van der Waals surface area contributed by atoms with Crippen molar-refractivity contribution in [1.82, 2.24) is 0 Å². The Balaban J connectivity index is 2.21. The quantitative estimate of drug-likeness (QED) is 0.466. The largest absolute Gasteiger partial charge is 0.460 e. The van der Waals surface area contributed by atoms with E-state index >= 15 is 0 Å². The van der Waals surface area contributed by atoms with Crippen LogP contribution in [0.15, 0.2) is 29.2 Å². The van der Waals surface area contributed by atoms with Gasteiger partial charge in [-0.15, -0.1) is 0 Å². The van der Waals surface area contributed by atoms with Crippen molar-refractivity contribution in [2.75, 3.05) is 0 Å². The SMILES string of the molecule is Cc1ccc(S(=O)(=O)OC(CC2CCCCC2)C(C)C(=O)OC(C)(C)C)cc1. The van der Waals surface area contributed by atoms with E-state index in [1.165, 1.54) is 6.42 Å². The van der Waals surface area contributed by atoms with Crippen molar-refractivity contribution in [3.8, 4) is 0 Å². The van der Waals surface area contributed by atoms with Gasteiger partial charge >= 0.3 is 5.97 Å². The molecule has 1 aromatic rings. The van der Waals surface area contributed by atoms with E-state index in [-0.39, 0.29) is 4.90 Å². The van der Waals surface area contributed by atoms with Gasteiger partial charge in [0.25, 0.3) is 10.1 Å². The molecule has 28 heavy (non-hydrogen) atoms. The molecule has 0 bridgehead atoms. The van der Waals surface area contributed by atoms with E-state index in [1.807, 2.05) is 6.92 Å². The minimum Gasteiger partial charge on any atom is -0.460 e. The third-order valence-electron chi connectivity index (χ3n) is 5.19. The smallest absolute Gasteiger partial charge is 0.311 e. The molecule has 1 saturated carbocycles. The van der Waals surface area contributed by atoms with Crippen molar-refractivity contribution in [2.45, 2.75) is 89.7 Å². The fourth-order valence-corrected chi connectivity index (χ4v) is 4.70. The number of benzene rings is 1. The Kier molecular flexibility index (Phi) is 7.68. The summed E-state index contributed by atoms with van der Waals surface area (Å²) in [5, 5.41) is 0. The van der Waals surface area contributed by atoms with E-state index in [9.17, 15) is 13.2 Å². The number of esters is 1. The monoisotopic (exact) mass is 410 g/mol. The number of carbonyl (C=O) groups excluding carboxylic acids is 1. The lowest BCUT2D eigenvalue weighted by atomic mass is 9.83. The zero-order valence-corrected chi connectivity index (χ0v) is 18.6. The molecule has 2 atom stereocenters. The Labute approximate surface area is 169 Å². The maximum Gasteiger partial charge on any atom is 0.311 e. The summed E-state index contributed by atoms with van der Waals surface area (Å²) >= 11 is 0. The lowest BCUT2D eigenvalue weighted by Gasteiger charge is -2.30.